The first-order chi connectivity index (χ1) is 16.4. The van der Waals surface area contributed by atoms with Gasteiger partial charge in [0.1, 0.15) is 24.0 Å². The van der Waals surface area contributed by atoms with Crippen molar-refractivity contribution in [3.05, 3.63) is 58.9 Å². The van der Waals surface area contributed by atoms with Crippen molar-refractivity contribution < 1.29 is 14.3 Å². The Bertz CT molecular complexity index is 1210. The first-order valence-electron chi connectivity index (χ1n) is 10.8. The Kier molecular flexibility index (Phi) is 7.84. The molecule has 2 aromatic carbocycles. The first-order valence-corrected chi connectivity index (χ1v) is 11.5. The summed E-state index contributed by atoms with van der Waals surface area (Å²) < 4.78 is 11.6. The predicted molar refractivity (Wildman–Crippen MR) is 135 cm³/mol. The molecule has 1 atom stereocenters. The van der Waals surface area contributed by atoms with Crippen LogP contribution in [0.4, 0.5) is 17.2 Å². The molecule has 178 valence electrons. The number of nitrogens with one attached hydrogen (secondary N) is 2. The van der Waals surface area contributed by atoms with Crippen molar-refractivity contribution in [2.45, 2.75) is 12.5 Å². The zero-order chi connectivity index (χ0) is 24.1. The number of carbonyl (C=O) groups excluding carboxylic acids is 1. The minimum absolute atomic E-state index is 0.0898. The topological polar surface area (TPSA) is 88.6 Å². The highest BCUT2D eigenvalue weighted by molar-refractivity contribution is 6.42. The van der Waals surface area contributed by atoms with E-state index in [0.29, 0.717) is 58.0 Å². The normalized spacial score (nSPS) is 15.9. The van der Waals surface area contributed by atoms with Gasteiger partial charge in [0.05, 0.1) is 34.5 Å². The number of amides is 1. The van der Waals surface area contributed by atoms with Gasteiger partial charge in [0.2, 0.25) is 5.91 Å². The minimum Gasteiger partial charge on any atom is -0.486 e. The number of anilines is 3. The zero-order valence-electron chi connectivity index (χ0n) is 18.8. The number of ether oxygens (including phenoxy) is 2. The van der Waals surface area contributed by atoms with Gasteiger partial charge >= 0.3 is 0 Å². The van der Waals surface area contributed by atoms with Crippen LogP contribution < -0.4 is 15.4 Å². The first kappa shape index (κ1) is 24.2. The molecule has 1 saturated heterocycles. The summed E-state index contributed by atoms with van der Waals surface area (Å²) >= 11 is 12.2. The molecular formula is C24H25Cl2N5O3. The summed E-state index contributed by atoms with van der Waals surface area (Å²) in [6.07, 6.45) is 5.45. The van der Waals surface area contributed by atoms with Gasteiger partial charge in [-0.2, -0.15) is 0 Å². The zero-order valence-corrected chi connectivity index (χ0v) is 20.4. The maximum Gasteiger partial charge on any atom is 0.248 e. The van der Waals surface area contributed by atoms with E-state index < -0.39 is 0 Å². The number of carbonyl (C=O) groups is 1. The Labute approximate surface area is 207 Å². The Hall–Kier alpha value is -2.91. The van der Waals surface area contributed by atoms with Crippen LogP contribution in [0, 0.1) is 0 Å². The van der Waals surface area contributed by atoms with Crippen LogP contribution >= 0.6 is 23.2 Å². The molecule has 0 aliphatic carbocycles. The molecule has 4 rings (SSSR count). The molecule has 34 heavy (non-hydrogen) atoms. The van der Waals surface area contributed by atoms with E-state index in [0.717, 1.165) is 12.1 Å². The van der Waals surface area contributed by atoms with E-state index >= 15 is 0 Å². The van der Waals surface area contributed by atoms with Gasteiger partial charge in [-0.15, -0.1) is 0 Å². The third kappa shape index (κ3) is 6.15. The Balaban J connectivity index is 1.68. The van der Waals surface area contributed by atoms with E-state index in [1.54, 1.807) is 36.4 Å². The van der Waals surface area contributed by atoms with Crippen LogP contribution in [0.1, 0.15) is 6.42 Å². The van der Waals surface area contributed by atoms with Gasteiger partial charge in [-0.05, 0) is 38.4 Å². The van der Waals surface area contributed by atoms with Crippen LogP contribution in [0.2, 0.25) is 10.0 Å². The number of likely N-dealkylation sites (N-methyl/N-ethyl adjacent to an activating group) is 1. The van der Waals surface area contributed by atoms with Crippen LogP contribution in [0.3, 0.4) is 0 Å². The second-order valence-electron chi connectivity index (χ2n) is 8.10. The SMILES string of the molecule is CN(C)C/C=C/C(=O)Nc1cc2c(Nc3ccc(Cl)c(Cl)c3)ncnc2cc1OC1CCOC1. The molecule has 0 bridgehead atoms. The fourth-order valence-corrected chi connectivity index (χ4v) is 3.72. The molecule has 8 nitrogen and oxygen atoms in total. The molecule has 2 N–H and O–H groups in total. The summed E-state index contributed by atoms with van der Waals surface area (Å²) in [5.74, 6) is 0.818. The number of aromatic nitrogens is 2. The fourth-order valence-electron chi connectivity index (χ4n) is 3.42. The molecule has 1 fully saturated rings. The maximum absolute atomic E-state index is 12.6. The molecule has 0 radical (unpaired) electrons. The summed E-state index contributed by atoms with van der Waals surface area (Å²) in [6.45, 7) is 1.80. The van der Waals surface area contributed by atoms with Gasteiger partial charge in [0.15, 0.2) is 0 Å². The molecule has 0 saturated carbocycles. The predicted octanol–water partition coefficient (Wildman–Crippen LogP) is 4.90. The van der Waals surface area contributed by atoms with Crippen molar-refractivity contribution in [1.82, 2.24) is 14.9 Å². The molecule has 10 heteroatoms. The van der Waals surface area contributed by atoms with Crippen molar-refractivity contribution in [2.24, 2.45) is 0 Å². The molecule has 2 heterocycles. The number of hydrogen-bond acceptors (Lipinski definition) is 7. The number of hydrogen-bond donors (Lipinski definition) is 2. The highest BCUT2D eigenvalue weighted by Crippen LogP contribution is 2.35. The molecule has 1 aliphatic rings. The fraction of sp³-hybridized carbons (Fsp3) is 0.292. The van der Waals surface area contributed by atoms with Gasteiger partial charge in [-0.1, -0.05) is 29.3 Å². The summed E-state index contributed by atoms with van der Waals surface area (Å²) in [5.41, 5.74) is 1.90. The lowest BCUT2D eigenvalue weighted by Crippen LogP contribution is -2.18. The average molecular weight is 502 g/mol. The number of halogens is 2. The Morgan fingerprint density at radius 2 is 2.09 bits per heavy atom. The van der Waals surface area contributed by atoms with Crippen molar-refractivity contribution in [2.75, 3.05) is 44.5 Å². The Morgan fingerprint density at radius 3 is 2.82 bits per heavy atom. The van der Waals surface area contributed by atoms with Gasteiger partial charge < -0.3 is 25.0 Å². The number of rotatable bonds is 8. The lowest BCUT2D eigenvalue weighted by Gasteiger charge is -2.17. The third-order valence-corrected chi connectivity index (χ3v) is 5.84. The van der Waals surface area contributed by atoms with Gasteiger partial charge in [-0.25, -0.2) is 9.97 Å². The van der Waals surface area contributed by atoms with Crippen LogP contribution in [0.25, 0.3) is 10.9 Å². The quantitative estimate of drug-likeness (QED) is 0.424. The summed E-state index contributed by atoms with van der Waals surface area (Å²) in [4.78, 5) is 23.3. The molecule has 3 aromatic rings. The highest BCUT2D eigenvalue weighted by atomic mass is 35.5. The van der Waals surface area contributed by atoms with Crippen LogP contribution in [0.15, 0.2) is 48.8 Å². The molecular weight excluding hydrogens is 477 g/mol. The van der Waals surface area contributed by atoms with Crippen LogP contribution in [0.5, 0.6) is 5.75 Å². The summed E-state index contributed by atoms with van der Waals surface area (Å²) in [7, 11) is 3.87. The van der Waals surface area contributed by atoms with E-state index in [2.05, 4.69) is 20.6 Å². The van der Waals surface area contributed by atoms with E-state index in [-0.39, 0.29) is 12.0 Å². The van der Waals surface area contributed by atoms with Crippen LogP contribution in [-0.4, -0.2) is 60.7 Å². The second-order valence-corrected chi connectivity index (χ2v) is 8.91. The minimum atomic E-state index is -0.260. The smallest absolute Gasteiger partial charge is 0.248 e. The number of fused-ring (bicyclic) bond motifs is 1. The Morgan fingerprint density at radius 1 is 1.24 bits per heavy atom. The number of benzene rings is 2. The molecule has 1 aromatic heterocycles. The van der Waals surface area contributed by atoms with Gasteiger partial charge in [0.25, 0.3) is 0 Å². The summed E-state index contributed by atoms with van der Waals surface area (Å²) in [5, 5.41) is 7.77. The monoisotopic (exact) mass is 501 g/mol. The summed E-state index contributed by atoms with van der Waals surface area (Å²) in [6, 6.07) is 8.83. The lowest BCUT2D eigenvalue weighted by atomic mass is 10.1. The standard InChI is InChI=1S/C24H25Cl2N5O3/c1-31(2)8-3-4-23(32)30-21-11-17-20(12-22(21)34-16-7-9-33-13-16)27-14-28-24(17)29-15-5-6-18(25)19(26)10-15/h3-6,10-12,14,16H,7-9,13H2,1-2H3,(H,30,32)(H,27,28,29)/b4-3+. The molecule has 0 spiro atoms. The van der Waals surface area contributed by atoms with Gasteiger partial charge in [-0.3, -0.25) is 4.79 Å². The van der Waals surface area contributed by atoms with Crippen molar-refractivity contribution in [3.8, 4) is 5.75 Å². The van der Waals surface area contributed by atoms with Crippen molar-refractivity contribution >= 4 is 57.2 Å². The molecule has 1 amide bonds. The van der Waals surface area contributed by atoms with Crippen LogP contribution in [-0.2, 0) is 9.53 Å². The van der Waals surface area contributed by atoms with Crippen molar-refractivity contribution in [3.63, 3.8) is 0 Å². The third-order valence-electron chi connectivity index (χ3n) is 5.10. The van der Waals surface area contributed by atoms with E-state index in [4.69, 9.17) is 32.7 Å². The second kappa shape index (κ2) is 11.0. The lowest BCUT2D eigenvalue weighted by molar-refractivity contribution is -0.111. The van der Waals surface area contributed by atoms with Crippen molar-refractivity contribution in [1.29, 1.82) is 0 Å². The largest absolute Gasteiger partial charge is 0.486 e. The molecule has 1 unspecified atom stereocenters. The molecule has 1 aliphatic heterocycles. The van der Waals surface area contributed by atoms with E-state index in [1.807, 2.05) is 19.0 Å². The average Bonchev–Trinajstić information content (AvgIpc) is 3.30. The maximum atomic E-state index is 12.6. The van der Waals surface area contributed by atoms with E-state index in [9.17, 15) is 4.79 Å². The highest BCUT2D eigenvalue weighted by Gasteiger charge is 2.20. The van der Waals surface area contributed by atoms with E-state index in [1.165, 1.54) is 12.4 Å². The number of nitrogens with zero attached hydrogens (tertiary/aromatic N) is 3. The van der Waals surface area contributed by atoms with Gasteiger partial charge in [0, 0.05) is 36.2 Å².